The van der Waals surface area contributed by atoms with E-state index in [1.807, 2.05) is 0 Å². The molecule has 0 N–H and O–H groups in total. The fraction of sp³-hybridized carbons (Fsp3) is 0.500. The summed E-state index contributed by atoms with van der Waals surface area (Å²) in [4.78, 5) is 17.6. The van der Waals surface area contributed by atoms with Gasteiger partial charge in [0.1, 0.15) is 11.9 Å². The number of alkyl halides is 6. The zero-order valence-electron chi connectivity index (χ0n) is 6.65. The minimum absolute atomic E-state index is 0. The quantitative estimate of drug-likeness (QED) is 0.205. The molecule has 0 aromatic heterocycles. The topological polar surface area (TPSA) is 80.3 Å². The van der Waals surface area contributed by atoms with Gasteiger partial charge in [-0.2, -0.15) is 26.3 Å². The summed E-state index contributed by atoms with van der Waals surface area (Å²) in [6.07, 6.45) is -10.4. The second-order valence-corrected chi connectivity index (χ2v) is 1.57. The van der Waals surface area contributed by atoms with Gasteiger partial charge < -0.3 is 19.8 Å². The molecule has 102 valence electrons. The summed E-state index contributed by atoms with van der Waals surface area (Å²) >= 11 is 0. The Labute approximate surface area is 117 Å². The van der Waals surface area contributed by atoms with Gasteiger partial charge in [0.25, 0.3) is 0 Å². The van der Waals surface area contributed by atoms with Gasteiger partial charge in [0.05, 0.1) is 0 Å². The molecule has 0 spiro atoms. The van der Waals surface area contributed by atoms with Crippen molar-refractivity contribution >= 4 is 11.9 Å². The minimum Gasteiger partial charge on any atom is -0.542 e. The summed E-state index contributed by atoms with van der Waals surface area (Å²) in [6, 6.07) is 0. The van der Waals surface area contributed by atoms with Crippen molar-refractivity contribution < 1.29 is 92.5 Å². The molecule has 0 saturated heterocycles. The third-order valence-electron chi connectivity index (χ3n) is 0.463. The number of carboxylic acids is 2. The summed E-state index contributed by atoms with van der Waals surface area (Å²) in [7, 11) is 0. The normalized spacial score (nSPS) is 9.88. The number of carbonyl (C=O) groups excluding carboxylic acids is 2. The number of aliphatic carboxylic acids is 2. The van der Waals surface area contributed by atoms with Crippen molar-refractivity contribution in [3.05, 3.63) is 0 Å². The first-order chi connectivity index (χ1) is 5.89. The molecule has 0 aromatic carbocycles. The van der Waals surface area contributed by atoms with Gasteiger partial charge in [-0.25, -0.2) is 0 Å². The van der Waals surface area contributed by atoms with Crippen LogP contribution in [0.1, 0.15) is 0 Å². The van der Waals surface area contributed by atoms with E-state index in [0.29, 0.717) is 0 Å². The van der Waals surface area contributed by atoms with E-state index < -0.39 is 24.3 Å². The van der Waals surface area contributed by atoms with E-state index in [0.717, 1.165) is 0 Å². The first-order valence-electron chi connectivity index (χ1n) is 2.45. The molecule has 12 heteroatoms. The van der Waals surface area contributed by atoms with Gasteiger partial charge in [0, 0.05) is 0 Å². The number of halogens is 7. The van der Waals surface area contributed by atoms with Crippen molar-refractivity contribution in [3.8, 4) is 0 Å². The molecule has 0 aliphatic heterocycles. The number of carbonyl (C=O) groups is 2. The largest absolute Gasteiger partial charge is 1.00 e. The van der Waals surface area contributed by atoms with Crippen LogP contribution in [-0.2, 0) is 32.0 Å². The van der Waals surface area contributed by atoms with E-state index in [1.165, 1.54) is 0 Å². The van der Waals surface area contributed by atoms with E-state index in [9.17, 15) is 26.3 Å². The number of hydrogen-bond donors (Lipinski definition) is 0. The third kappa shape index (κ3) is 16.4. The van der Waals surface area contributed by atoms with Gasteiger partial charge in [-0.05, 0) is 0 Å². The second kappa shape index (κ2) is 9.07. The first kappa shape index (κ1) is 25.0. The maximum Gasteiger partial charge on any atom is 1.00 e. The Morgan fingerprint density at radius 2 is 0.812 bits per heavy atom. The molecule has 0 aliphatic rings. The molecule has 0 aliphatic carbocycles. The first-order valence-corrected chi connectivity index (χ1v) is 2.45. The zero-order chi connectivity index (χ0) is 12.2. The smallest absolute Gasteiger partial charge is 0.542 e. The van der Waals surface area contributed by atoms with Crippen molar-refractivity contribution in [3.63, 3.8) is 0 Å². The molecular formula is C4H2AgF6IO4. The number of hydrogen-bond acceptors (Lipinski definition) is 4. The van der Waals surface area contributed by atoms with E-state index in [4.69, 9.17) is 19.8 Å². The van der Waals surface area contributed by atoms with Crippen LogP contribution in [0.4, 0.5) is 26.3 Å². The Hall–Kier alpha value is -0.00974. The van der Waals surface area contributed by atoms with Crippen LogP contribution >= 0.6 is 0 Å². The van der Waals surface area contributed by atoms with Crippen molar-refractivity contribution in [2.75, 3.05) is 0 Å². The molecule has 0 radical (unpaired) electrons. The SMILES string of the molecule is O=C([O-])C(F)(F)F.O=C([O-])C(F)(F)F.[Ag+].[IH2+]. The van der Waals surface area contributed by atoms with E-state index in [2.05, 4.69) is 0 Å². The van der Waals surface area contributed by atoms with Crippen LogP contribution in [0, 0.1) is 0 Å². The predicted molar refractivity (Wildman–Crippen MR) is 24.9 cm³/mol. The fourth-order valence-electron chi connectivity index (χ4n) is 0. The Kier molecular flexibility index (Phi) is 14.2. The monoisotopic (exact) mass is 462 g/mol. The fourth-order valence-corrected chi connectivity index (χ4v) is 0. The van der Waals surface area contributed by atoms with E-state index in [1.54, 1.807) is 0 Å². The molecule has 16 heavy (non-hydrogen) atoms. The van der Waals surface area contributed by atoms with Gasteiger partial charge in [0.2, 0.25) is 24.0 Å². The average Bonchev–Trinajstić information content (AvgIpc) is 1.83. The second-order valence-electron chi connectivity index (χ2n) is 1.57. The molecule has 0 bridgehead atoms. The summed E-state index contributed by atoms with van der Waals surface area (Å²) in [5.74, 6) is -6.01. The minimum atomic E-state index is -5.19. The molecular weight excluding hydrogens is 461 g/mol. The van der Waals surface area contributed by atoms with Gasteiger partial charge in [-0.1, -0.05) is 0 Å². The van der Waals surface area contributed by atoms with E-state index >= 15 is 0 Å². The van der Waals surface area contributed by atoms with Crippen LogP contribution in [0.15, 0.2) is 0 Å². The maximum atomic E-state index is 10.5. The molecule has 0 saturated carbocycles. The van der Waals surface area contributed by atoms with Crippen LogP contribution < -0.4 is 34.2 Å². The summed E-state index contributed by atoms with van der Waals surface area (Å²) in [6.45, 7) is 0. The van der Waals surface area contributed by atoms with Gasteiger partial charge in [-0.3, -0.25) is 0 Å². The molecule has 0 rings (SSSR count). The standard InChI is InChI=1S/2C2HF3O2.Ag.H2I/c2*3-2(4,5)1(6)7;;/h2*(H,6,7);;1H2/q;;2*+1/p-2. The molecule has 0 fully saturated rings. The number of carboxylic acid groups (broad SMARTS) is 2. The molecule has 0 unspecified atom stereocenters. The molecule has 0 atom stereocenters. The molecule has 0 heterocycles. The Morgan fingerprint density at radius 1 is 0.750 bits per heavy atom. The third-order valence-corrected chi connectivity index (χ3v) is 0.463. The molecule has 0 amide bonds. The van der Waals surface area contributed by atoms with Crippen LogP contribution in [0.3, 0.4) is 0 Å². The van der Waals surface area contributed by atoms with Crippen molar-refractivity contribution in [1.82, 2.24) is 0 Å². The van der Waals surface area contributed by atoms with Crippen molar-refractivity contribution in [2.45, 2.75) is 12.4 Å². The van der Waals surface area contributed by atoms with Crippen LogP contribution in [-0.4, -0.2) is 24.3 Å². The Bertz CT molecular complexity index is 202. The van der Waals surface area contributed by atoms with Crippen LogP contribution in [0.5, 0.6) is 0 Å². The summed E-state index contributed by atoms with van der Waals surface area (Å²) in [5.41, 5.74) is 0. The van der Waals surface area contributed by atoms with Crippen LogP contribution in [0.25, 0.3) is 0 Å². The predicted octanol–water partition coefficient (Wildman–Crippen LogP) is -4.94. The Balaban J connectivity index is -0.0000000800. The van der Waals surface area contributed by atoms with Gasteiger partial charge >= 0.3 is 34.7 Å². The summed E-state index contributed by atoms with van der Waals surface area (Å²) in [5, 5.41) is 17.6. The maximum absolute atomic E-state index is 10.5. The number of rotatable bonds is 0. The molecule has 4 nitrogen and oxygen atoms in total. The van der Waals surface area contributed by atoms with E-state index in [-0.39, 0.29) is 46.4 Å². The molecule has 0 aromatic rings. The van der Waals surface area contributed by atoms with Gasteiger partial charge in [0.15, 0.2) is 0 Å². The Morgan fingerprint density at radius 3 is 0.812 bits per heavy atom. The van der Waals surface area contributed by atoms with Crippen LogP contribution in [0.2, 0.25) is 0 Å². The summed E-state index contributed by atoms with van der Waals surface area (Å²) < 4.78 is 63.1. The van der Waals surface area contributed by atoms with Crippen molar-refractivity contribution in [1.29, 1.82) is 0 Å². The zero-order valence-corrected chi connectivity index (χ0v) is 10.7. The van der Waals surface area contributed by atoms with Crippen molar-refractivity contribution in [2.24, 2.45) is 0 Å². The van der Waals surface area contributed by atoms with Gasteiger partial charge in [-0.15, -0.1) is 0 Å². The average molecular weight is 463 g/mol.